The van der Waals surface area contributed by atoms with Gasteiger partial charge in [0, 0.05) is 23.2 Å². The molecule has 1 aromatic carbocycles. The number of thiazole rings is 1. The lowest BCUT2D eigenvalue weighted by molar-refractivity contribution is -0.105. The lowest BCUT2D eigenvalue weighted by Crippen LogP contribution is -2.30. The smallest absolute Gasteiger partial charge is 0.337 e. The summed E-state index contributed by atoms with van der Waals surface area (Å²) in [5, 5.41) is 8.29. The second-order valence-electron chi connectivity index (χ2n) is 5.12. The van der Waals surface area contributed by atoms with Gasteiger partial charge in [0.2, 0.25) is 0 Å². The van der Waals surface area contributed by atoms with Crippen LogP contribution in [0.15, 0.2) is 34.5 Å². The summed E-state index contributed by atoms with van der Waals surface area (Å²) in [5.41, 5.74) is 1.28. The summed E-state index contributed by atoms with van der Waals surface area (Å²) in [4.78, 5) is 16.7. The monoisotopic (exact) mass is 389 g/mol. The molecule has 0 aliphatic heterocycles. The Kier molecular flexibility index (Phi) is 7.12. The molecule has 4 nitrogen and oxygen atoms in total. The molecule has 2 amide bonds. The number of aromatic nitrogens is 1. The Morgan fingerprint density at radius 1 is 1.32 bits per heavy atom. The highest BCUT2D eigenvalue weighted by Gasteiger charge is 2.27. The molecule has 0 spiro atoms. The first-order valence-electron chi connectivity index (χ1n) is 7.64. The van der Waals surface area contributed by atoms with E-state index < -0.39 is 18.0 Å². The van der Waals surface area contributed by atoms with Crippen LogP contribution in [0.5, 0.6) is 0 Å². The van der Waals surface area contributed by atoms with E-state index in [0.29, 0.717) is 35.3 Å². The first kappa shape index (κ1) is 19.6. The van der Waals surface area contributed by atoms with Crippen molar-refractivity contribution in [2.75, 3.05) is 17.6 Å². The number of urea groups is 1. The molecule has 0 atom stereocenters. The topological polar surface area (TPSA) is 54.0 Å². The number of aryl methyl sites for hydroxylation is 1. The molecule has 0 bridgehead atoms. The molecule has 0 saturated heterocycles. The third kappa shape index (κ3) is 6.95. The number of rotatable bonds is 7. The molecule has 25 heavy (non-hydrogen) atoms. The standard InChI is InChI=1S/C16H18F3N3OS2/c1-2-14-21-11(9-24-14)7-8-20-15(23)22-12-5-3-4-6-13(12)25-10-16(17,18)19/h3-6,9H,2,7-8,10H2,1H3,(H2,20,22,23). The highest BCUT2D eigenvalue weighted by Crippen LogP contribution is 2.31. The van der Waals surface area contributed by atoms with Gasteiger partial charge in [-0.2, -0.15) is 13.2 Å². The third-order valence-corrected chi connectivity index (χ3v) is 5.28. The highest BCUT2D eigenvalue weighted by molar-refractivity contribution is 7.99. The van der Waals surface area contributed by atoms with Crippen molar-refractivity contribution in [2.24, 2.45) is 0 Å². The van der Waals surface area contributed by atoms with Crippen LogP contribution in [0.4, 0.5) is 23.7 Å². The molecule has 0 aliphatic rings. The van der Waals surface area contributed by atoms with E-state index in [4.69, 9.17) is 0 Å². The average Bonchev–Trinajstić information content (AvgIpc) is 3.01. The van der Waals surface area contributed by atoms with E-state index in [-0.39, 0.29) is 0 Å². The van der Waals surface area contributed by atoms with Crippen LogP contribution in [0.25, 0.3) is 0 Å². The van der Waals surface area contributed by atoms with Crippen molar-refractivity contribution in [1.82, 2.24) is 10.3 Å². The SMILES string of the molecule is CCc1nc(CCNC(=O)Nc2ccccc2SCC(F)(F)F)cs1. The number of thioether (sulfide) groups is 1. The van der Waals surface area contributed by atoms with Crippen molar-refractivity contribution in [3.8, 4) is 0 Å². The minimum absolute atomic E-state index is 0.358. The van der Waals surface area contributed by atoms with Gasteiger partial charge in [0.25, 0.3) is 0 Å². The van der Waals surface area contributed by atoms with Gasteiger partial charge in [0.1, 0.15) is 0 Å². The molecule has 0 fully saturated rings. The maximum absolute atomic E-state index is 12.4. The maximum Gasteiger partial charge on any atom is 0.398 e. The van der Waals surface area contributed by atoms with Crippen molar-refractivity contribution in [1.29, 1.82) is 0 Å². The van der Waals surface area contributed by atoms with Crippen LogP contribution in [0.3, 0.4) is 0 Å². The molecular weight excluding hydrogens is 371 g/mol. The number of halogens is 3. The summed E-state index contributed by atoms with van der Waals surface area (Å²) in [6.07, 6.45) is -2.77. The van der Waals surface area contributed by atoms with Crippen molar-refractivity contribution in [2.45, 2.75) is 30.8 Å². The van der Waals surface area contributed by atoms with E-state index in [2.05, 4.69) is 15.6 Å². The number of carbonyl (C=O) groups is 1. The van der Waals surface area contributed by atoms with Crippen molar-refractivity contribution < 1.29 is 18.0 Å². The van der Waals surface area contributed by atoms with Crippen molar-refractivity contribution >= 4 is 34.8 Å². The predicted molar refractivity (Wildman–Crippen MR) is 95.4 cm³/mol. The molecule has 1 aromatic heterocycles. The Balaban J connectivity index is 1.83. The minimum atomic E-state index is -4.26. The zero-order valence-corrected chi connectivity index (χ0v) is 15.2. The minimum Gasteiger partial charge on any atom is -0.337 e. The fraction of sp³-hybridized carbons (Fsp3) is 0.375. The summed E-state index contributed by atoms with van der Waals surface area (Å²) in [7, 11) is 0. The summed E-state index contributed by atoms with van der Waals surface area (Å²) in [6.45, 7) is 2.43. The van der Waals surface area contributed by atoms with Crippen LogP contribution in [-0.2, 0) is 12.8 Å². The fourth-order valence-electron chi connectivity index (χ4n) is 1.95. The van der Waals surface area contributed by atoms with Gasteiger partial charge in [-0.1, -0.05) is 19.1 Å². The number of benzene rings is 1. The van der Waals surface area contributed by atoms with E-state index in [1.165, 1.54) is 0 Å². The van der Waals surface area contributed by atoms with E-state index in [1.54, 1.807) is 35.6 Å². The molecule has 0 aliphatic carbocycles. The number of carbonyl (C=O) groups excluding carboxylic acids is 1. The highest BCUT2D eigenvalue weighted by atomic mass is 32.2. The molecule has 9 heteroatoms. The molecule has 2 aromatic rings. The van der Waals surface area contributed by atoms with E-state index in [9.17, 15) is 18.0 Å². The van der Waals surface area contributed by atoms with E-state index in [0.717, 1.165) is 17.1 Å². The largest absolute Gasteiger partial charge is 0.398 e. The molecule has 1 heterocycles. The number of hydrogen-bond donors (Lipinski definition) is 2. The molecule has 0 radical (unpaired) electrons. The van der Waals surface area contributed by atoms with Crippen LogP contribution in [-0.4, -0.2) is 29.5 Å². The average molecular weight is 389 g/mol. The van der Waals surface area contributed by atoms with Crippen molar-refractivity contribution in [3.63, 3.8) is 0 Å². The summed E-state index contributed by atoms with van der Waals surface area (Å²) in [5.74, 6) is -1.00. The predicted octanol–water partition coefficient (Wildman–Crippen LogP) is 4.72. The molecule has 136 valence electrons. The third-order valence-electron chi connectivity index (χ3n) is 3.10. The van der Waals surface area contributed by atoms with Crippen molar-refractivity contribution in [3.05, 3.63) is 40.3 Å². The van der Waals surface area contributed by atoms with Crippen LogP contribution in [0.2, 0.25) is 0 Å². The van der Waals surface area contributed by atoms with Gasteiger partial charge in [0.05, 0.1) is 22.1 Å². The molecular formula is C16H18F3N3OS2. The number of hydrogen-bond acceptors (Lipinski definition) is 4. The van der Waals surface area contributed by atoms with Gasteiger partial charge in [-0.15, -0.1) is 23.1 Å². The number of para-hydroxylation sites is 1. The Hall–Kier alpha value is -1.74. The second kappa shape index (κ2) is 9.10. The lowest BCUT2D eigenvalue weighted by atomic mass is 10.3. The van der Waals surface area contributed by atoms with Gasteiger partial charge in [-0.25, -0.2) is 9.78 Å². The number of amides is 2. The van der Waals surface area contributed by atoms with Crippen LogP contribution in [0.1, 0.15) is 17.6 Å². The lowest BCUT2D eigenvalue weighted by Gasteiger charge is -2.12. The summed E-state index contributed by atoms with van der Waals surface area (Å²) in [6, 6.07) is 5.97. The van der Waals surface area contributed by atoms with Gasteiger partial charge in [-0.3, -0.25) is 0 Å². The van der Waals surface area contributed by atoms with Gasteiger partial charge >= 0.3 is 12.2 Å². The van der Waals surface area contributed by atoms with Gasteiger partial charge in [0.15, 0.2) is 0 Å². The second-order valence-corrected chi connectivity index (χ2v) is 7.08. The number of alkyl halides is 3. The Morgan fingerprint density at radius 3 is 2.76 bits per heavy atom. The number of nitrogens with one attached hydrogen (secondary N) is 2. The number of nitrogens with zero attached hydrogens (tertiary/aromatic N) is 1. The van der Waals surface area contributed by atoms with Crippen LogP contribution >= 0.6 is 23.1 Å². The number of anilines is 1. The maximum atomic E-state index is 12.4. The normalized spacial score (nSPS) is 11.4. The van der Waals surface area contributed by atoms with Crippen LogP contribution < -0.4 is 10.6 Å². The first-order chi connectivity index (χ1) is 11.9. The Bertz CT molecular complexity index is 704. The Labute approximate surface area is 152 Å². The zero-order valence-electron chi connectivity index (χ0n) is 13.5. The molecule has 2 N–H and O–H groups in total. The molecule has 2 rings (SSSR count). The Morgan fingerprint density at radius 2 is 2.08 bits per heavy atom. The molecule has 0 unspecified atom stereocenters. The van der Waals surface area contributed by atoms with E-state index >= 15 is 0 Å². The first-order valence-corrected chi connectivity index (χ1v) is 9.50. The summed E-state index contributed by atoms with van der Waals surface area (Å²) >= 11 is 2.23. The van der Waals surface area contributed by atoms with Crippen LogP contribution in [0, 0.1) is 0 Å². The summed E-state index contributed by atoms with van der Waals surface area (Å²) < 4.78 is 37.1. The zero-order chi connectivity index (χ0) is 18.3. The van der Waals surface area contributed by atoms with Gasteiger partial charge in [-0.05, 0) is 18.6 Å². The quantitative estimate of drug-likeness (QED) is 0.674. The van der Waals surface area contributed by atoms with E-state index in [1.807, 2.05) is 12.3 Å². The van der Waals surface area contributed by atoms with Gasteiger partial charge < -0.3 is 10.6 Å². The fourth-order valence-corrected chi connectivity index (χ4v) is 3.50. The molecule has 0 saturated carbocycles.